The Balaban J connectivity index is 2.33. The van der Waals surface area contributed by atoms with Crippen LogP contribution in [0, 0.1) is 0 Å². The van der Waals surface area contributed by atoms with E-state index in [2.05, 4.69) is 9.99 Å². The summed E-state index contributed by atoms with van der Waals surface area (Å²) in [5.74, 6) is -1.24. The lowest BCUT2D eigenvalue weighted by atomic mass is 10.1. The van der Waals surface area contributed by atoms with Gasteiger partial charge in [0.2, 0.25) is 0 Å². The van der Waals surface area contributed by atoms with Crippen LogP contribution in [0.1, 0.15) is 18.4 Å². The fraction of sp³-hybridized carbons (Fsp3) is 0.333. The standard InChI is InChI=1S/C12H13NO5S/c1-18-13-11(12(14)15)8-2-4-9(5-3-8)19(16,17)10-6-7-10/h2-5,10H,6-7H2,1H3,(H,14,15). The SMILES string of the molecule is CON=C(C(=O)O)c1ccc(S(=O)(=O)C2CC2)cc1. The van der Waals surface area contributed by atoms with Crippen LogP contribution >= 0.6 is 0 Å². The first kappa shape index (κ1) is 13.5. The molecule has 19 heavy (non-hydrogen) atoms. The largest absolute Gasteiger partial charge is 0.476 e. The quantitative estimate of drug-likeness (QED) is 0.644. The summed E-state index contributed by atoms with van der Waals surface area (Å²) in [5, 5.41) is 12.1. The zero-order valence-electron chi connectivity index (χ0n) is 10.2. The van der Waals surface area contributed by atoms with Crippen LogP contribution in [0.2, 0.25) is 0 Å². The van der Waals surface area contributed by atoms with Crippen LogP contribution in [-0.4, -0.2) is 37.6 Å². The minimum absolute atomic E-state index is 0.209. The van der Waals surface area contributed by atoms with Crippen molar-refractivity contribution in [1.29, 1.82) is 0 Å². The molecule has 0 bridgehead atoms. The summed E-state index contributed by atoms with van der Waals surface area (Å²) in [4.78, 5) is 15.6. The third-order valence-electron chi connectivity index (χ3n) is 2.80. The number of rotatable bonds is 5. The summed E-state index contributed by atoms with van der Waals surface area (Å²) in [5.41, 5.74) is 0.0296. The lowest BCUT2D eigenvalue weighted by Gasteiger charge is -2.04. The van der Waals surface area contributed by atoms with Gasteiger partial charge in [0, 0.05) is 5.56 Å². The number of carboxylic acid groups (broad SMARTS) is 1. The van der Waals surface area contributed by atoms with Crippen molar-refractivity contribution >= 4 is 21.5 Å². The van der Waals surface area contributed by atoms with Crippen molar-refractivity contribution in [2.45, 2.75) is 23.0 Å². The number of nitrogens with zero attached hydrogens (tertiary/aromatic N) is 1. The molecule has 1 N–H and O–H groups in total. The molecule has 1 aromatic carbocycles. The molecular formula is C12H13NO5S. The number of sulfone groups is 1. The van der Waals surface area contributed by atoms with Gasteiger partial charge >= 0.3 is 5.97 Å². The van der Waals surface area contributed by atoms with Gasteiger partial charge in [0.1, 0.15) is 7.11 Å². The topological polar surface area (TPSA) is 93.0 Å². The van der Waals surface area contributed by atoms with Crippen molar-refractivity contribution in [3.63, 3.8) is 0 Å². The number of hydrogen-bond acceptors (Lipinski definition) is 5. The number of benzene rings is 1. The molecule has 0 saturated heterocycles. The van der Waals surface area contributed by atoms with Gasteiger partial charge in [-0.3, -0.25) is 0 Å². The van der Waals surface area contributed by atoms with E-state index in [-0.39, 0.29) is 15.9 Å². The van der Waals surface area contributed by atoms with E-state index in [1.165, 1.54) is 31.4 Å². The summed E-state index contributed by atoms with van der Waals surface area (Å²) in [6.07, 6.45) is 1.38. The van der Waals surface area contributed by atoms with Crippen molar-refractivity contribution in [1.82, 2.24) is 0 Å². The molecule has 0 unspecified atom stereocenters. The Morgan fingerprint density at radius 2 is 1.89 bits per heavy atom. The maximum atomic E-state index is 12.0. The monoisotopic (exact) mass is 283 g/mol. The molecule has 6 nitrogen and oxygen atoms in total. The molecule has 1 aliphatic carbocycles. The van der Waals surface area contributed by atoms with Crippen LogP contribution in [0.4, 0.5) is 0 Å². The first-order valence-electron chi connectivity index (χ1n) is 5.65. The van der Waals surface area contributed by atoms with Crippen LogP contribution < -0.4 is 0 Å². The van der Waals surface area contributed by atoms with Gasteiger partial charge in [-0.25, -0.2) is 13.2 Å². The average Bonchev–Trinajstić information content (AvgIpc) is 3.20. The molecule has 1 aliphatic rings. The second-order valence-corrected chi connectivity index (χ2v) is 6.42. The zero-order chi connectivity index (χ0) is 14.0. The summed E-state index contributed by atoms with van der Waals surface area (Å²) in [7, 11) is -2.01. The lowest BCUT2D eigenvalue weighted by molar-refractivity contribution is -0.129. The smallest absolute Gasteiger partial charge is 0.358 e. The van der Waals surface area contributed by atoms with Crippen molar-refractivity contribution < 1.29 is 23.2 Å². The van der Waals surface area contributed by atoms with Gasteiger partial charge in [0.25, 0.3) is 0 Å². The van der Waals surface area contributed by atoms with Crippen LogP contribution in [0.5, 0.6) is 0 Å². The van der Waals surface area contributed by atoms with E-state index in [1.807, 2.05) is 0 Å². The second-order valence-electron chi connectivity index (χ2n) is 4.20. The highest BCUT2D eigenvalue weighted by molar-refractivity contribution is 7.92. The van der Waals surface area contributed by atoms with Crippen molar-refractivity contribution in [2.75, 3.05) is 7.11 Å². The summed E-state index contributed by atoms with van der Waals surface area (Å²) in [6, 6.07) is 5.64. The Morgan fingerprint density at radius 3 is 2.32 bits per heavy atom. The molecule has 0 heterocycles. The number of aliphatic carboxylic acids is 1. The first-order chi connectivity index (χ1) is 8.96. The summed E-state index contributed by atoms with van der Waals surface area (Å²) in [6.45, 7) is 0. The summed E-state index contributed by atoms with van der Waals surface area (Å²) >= 11 is 0. The van der Waals surface area contributed by atoms with Crippen molar-refractivity contribution in [3.8, 4) is 0 Å². The van der Waals surface area contributed by atoms with E-state index in [1.54, 1.807) is 0 Å². The van der Waals surface area contributed by atoms with Gasteiger partial charge < -0.3 is 9.94 Å². The summed E-state index contributed by atoms with van der Waals surface area (Å²) < 4.78 is 23.9. The van der Waals surface area contributed by atoms with Crippen molar-refractivity contribution in [2.24, 2.45) is 5.16 Å². The predicted molar refractivity (Wildman–Crippen MR) is 67.8 cm³/mol. The number of hydrogen-bond donors (Lipinski definition) is 1. The van der Waals surface area contributed by atoms with Crippen LogP contribution in [0.3, 0.4) is 0 Å². The molecule has 0 aliphatic heterocycles. The van der Waals surface area contributed by atoms with Gasteiger partial charge in [-0.15, -0.1) is 0 Å². The Morgan fingerprint density at radius 1 is 1.32 bits per heavy atom. The molecule has 1 saturated carbocycles. The predicted octanol–water partition coefficient (Wildman–Crippen LogP) is 1.06. The number of carbonyl (C=O) groups is 1. The second kappa shape index (κ2) is 5.00. The van der Waals surface area contributed by atoms with Crippen molar-refractivity contribution in [3.05, 3.63) is 29.8 Å². The molecular weight excluding hydrogens is 270 g/mol. The molecule has 0 radical (unpaired) electrons. The maximum Gasteiger partial charge on any atom is 0.358 e. The molecule has 0 aromatic heterocycles. The molecule has 102 valence electrons. The highest BCUT2D eigenvalue weighted by Crippen LogP contribution is 2.33. The highest BCUT2D eigenvalue weighted by Gasteiger charge is 2.36. The Hall–Kier alpha value is -1.89. The fourth-order valence-electron chi connectivity index (χ4n) is 1.68. The Bertz CT molecular complexity index is 614. The number of oxime groups is 1. The molecule has 0 atom stereocenters. The lowest BCUT2D eigenvalue weighted by Crippen LogP contribution is -2.15. The zero-order valence-corrected chi connectivity index (χ0v) is 11.1. The number of carboxylic acids is 1. The minimum Gasteiger partial charge on any atom is -0.476 e. The van der Waals surface area contributed by atoms with E-state index >= 15 is 0 Å². The molecule has 1 aromatic rings. The minimum atomic E-state index is -3.26. The van der Waals surface area contributed by atoms with Gasteiger partial charge in [0.15, 0.2) is 15.5 Å². The van der Waals surface area contributed by atoms with E-state index in [4.69, 9.17) is 5.11 Å². The third kappa shape index (κ3) is 2.76. The molecule has 7 heteroatoms. The van der Waals surface area contributed by atoms with Gasteiger partial charge in [-0.05, 0) is 25.0 Å². The molecule has 0 spiro atoms. The van der Waals surface area contributed by atoms with Gasteiger partial charge in [-0.2, -0.15) is 0 Å². The van der Waals surface area contributed by atoms with Gasteiger partial charge in [0.05, 0.1) is 10.1 Å². The van der Waals surface area contributed by atoms with Crippen LogP contribution in [0.15, 0.2) is 34.3 Å². The molecule has 1 fully saturated rings. The highest BCUT2D eigenvalue weighted by atomic mass is 32.2. The Kier molecular flexibility index (Phi) is 3.57. The van der Waals surface area contributed by atoms with E-state index in [9.17, 15) is 13.2 Å². The molecule has 2 rings (SSSR count). The van der Waals surface area contributed by atoms with E-state index in [0.717, 1.165) is 0 Å². The van der Waals surface area contributed by atoms with Gasteiger partial charge in [-0.1, -0.05) is 17.3 Å². The van der Waals surface area contributed by atoms with Crippen LogP contribution in [0.25, 0.3) is 0 Å². The first-order valence-corrected chi connectivity index (χ1v) is 7.20. The van der Waals surface area contributed by atoms with Crippen LogP contribution in [-0.2, 0) is 19.5 Å². The maximum absolute atomic E-state index is 12.0. The average molecular weight is 283 g/mol. The van der Waals surface area contributed by atoms with E-state index < -0.39 is 15.8 Å². The Labute approximate surface area is 110 Å². The third-order valence-corrected chi connectivity index (χ3v) is 5.08. The fourth-order valence-corrected chi connectivity index (χ4v) is 3.34. The van der Waals surface area contributed by atoms with E-state index in [0.29, 0.717) is 18.4 Å². The molecule has 0 amide bonds. The normalized spacial score (nSPS) is 16.2.